The van der Waals surface area contributed by atoms with Crippen LogP contribution in [-0.4, -0.2) is 38.4 Å². The predicted molar refractivity (Wildman–Crippen MR) is 71.4 cm³/mol. The largest absolute Gasteiger partial charge is 0.409 e. The van der Waals surface area contributed by atoms with Crippen molar-refractivity contribution in [3.8, 4) is 0 Å². The summed E-state index contributed by atoms with van der Waals surface area (Å²) in [6, 6.07) is 3.07. The van der Waals surface area contributed by atoms with Gasteiger partial charge in [0.2, 0.25) is 0 Å². The fourth-order valence-corrected chi connectivity index (χ4v) is 1.56. The van der Waals surface area contributed by atoms with E-state index in [1.54, 1.807) is 18.6 Å². The molecule has 1 amide bonds. The molecule has 5 N–H and O–H groups in total. The third kappa shape index (κ3) is 3.31. The van der Waals surface area contributed by atoms with E-state index in [2.05, 4.69) is 25.4 Å². The first-order valence-electron chi connectivity index (χ1n) is 5.90. The second kappa shape index (κ2) is 6.32. The van der Waals surface area contributed by atoms with Crippen LogP contribution in [0.25, 0.3) is 0 Å². The molecule has 0 bridgehead atoms. The lowest BCUT2D eigenvalue weighted by Crippen LogP contribution is -2.26. The molecule has 2 aromatic rings. The molecule has 0 atom stereocenters. The normalized spacial score (nSPS) is 11.3. The molecule has 20 heavy (non-hydrogen) atoms. The summed E-state index contributed by atoms with van der Waals surface area (Å²) in [6.07, 6.45) is 5.33. The maximum atomic E-state index is 11.8. The molecule has 0 spiro atoms. The summed E-state index contributed by atoms with van der Waals surface area (Å²) in [5, 5.41) is 14.1. The van der Waals surface area contributed by atoms with E-state index in [-0.39, 0.29) is 17.4 Å². The molecule has 0 saturated heterocycles. The van der Waals surface area contributed by atoms with E-state index in [0.29, 0.717) is 18.5 Å². The number of nitrogens with one attached hydrogen (secondary N) is 2. The Bertz CT molecular complexity index is 591. The summed E-state index contributed by atoms with van der Waals surface area (Å²) in [7, 11) is 0. The molecular formula is C12H14N6O2. The number of rotatable bonds is 5. The van der Waals surface area contributed by atoms with Crippen molar-refractivity contribution in [3.05, 3.63) is 47.8 Å². The number of aromatic amines is 1. The van der Waals surface area contributed by atoms with Gasteiger partial charge in [-0.1, -0.05) is 5.16 Å². The predicted octanol–water partition coefficient (Wildman–Crippen LogP) is -0.128. The molecule has 2 rings (SSSR count). The first-order chi connectivity index (χ1) is 9.70. The molecule has 2 heterocycles. The number of aromatic nitrogens is 3. The van der Waals surface area contributed by atoms with Gasteiger partial charge in [0.15, 0.2) is 5.84 Å². The van der Waals surface area contributed by atoms with Crippen LogP contribution >= 0.6 is 0 Å². The van der Waals surface area contributed by atoms with Gasteiger partial charge in [0.25, 0.3) is 5.91 Å². The molecule has 0 unspecified atom stereocenters. The van der Waals surface area contributed by atoms with Crippen LogP contribution in [0.3, 0.4) is 0 Å². The highest BCUT2D eigenvalue weighted by atomic mass is 16.4. The topological polar surface area (TPSA) is 129 Å². The monoisotopic (exact) mass is 274 g/mol. The molecule has 8 heteroatoms. The fourth-order valence-electron chi connectivity index (χ4n) is 1.56. The van der Waals surface area contributed by atoms with Crippen molar-refractivity contribution < 1.29 is 10.0 Å². The van der Waals surface area contributed by atoms with Crippen molar-refractivity contribution in [2.75, 3.05) is 6.54 Å². The Hall–Kier alpha value is -2.90. The Morgan fingerprint density at radius 3 is 2.90 bits per heavy atom. The van der Waals surface area contributed by atoms with Gasteiger partial charge in [-0.15, -0.1) is 0 Å². The summed E-state index contributed by atoms with van der Waals surface area (Å²) < 4.78 is 0. The van der Waals surface area contributed by atoms with Gasteiger partial charge in [-0.3, -0.25) is 9.78 Å². The van der Waals surface area contributed by atoms with Crippen LogP contribution in [0.15, 0.2) is 36.0 Å². The van der Waals surface area contributed by atoms with Gasteiger partial charge in [0, 0.05) is 36.6 Å². The van der Waals surface area contributed by atoms with E-state index in [4.69, 9.17) is 10.9 Å². The highest BCUT2D eigenvalue weighted by molar-refractivity contribution is 5.98. The summed E-state index contributed by atoms with van der Waals surface area (Å²) in [4.78, 5) is 22.6. The smallest absolute Gasteiger partial charge is 0.269 e. The zero-order valence-electron chi connectivity index (χ0n) is 10.6. The lowest BCUT2D eigenvalue weighted by molar-refractivity contribution is 0.0949. The second-order valence-electron chi connectivity index (χ2n) is 4.00. The zero-order valence-corrected chi connectivity index (χ0v) is 10.6. The van der Waals surface area contributed by atoms with Crippen molar-refractivity contribution >= 4 is 11.7 Å². The van der Waals surface area contributed by atoms with Gasteiger partial charge in [-0.2, -0.15) is 0 Å². The fraction of sp³-hybridized carbons (Fsp3) is 0.167. The quantitative estimate of drug-likeness (QED) is 0.261. The SMILES string of the molecule is NC(=NO)c1ccc(C(=O)NCCc2cnc[nH]2)nc1. The molecule has 0 aliphatic heterocycles. The minimum Gasteiger partial charge on any atom is -0.409 e. The average Bonchev–Trinajstić information content (AvgIpc) is 2.99. The number of nitrogens with two attached hydrogens (primary N) is 1. The van der Waals surface area contributed by atoms with Crippen molar-refractivity contribution in [2.24, 2.45) is 10.9 Å². The third-order valence-corrected chi connectivity index (χ3v) is 2.63. The number of pyridine rings is 1. The van der Waals surface area contributed by atoms with Crippen LogP contribution < -0.4 is 11.1 Å². The van der Waals surface area contributed by atoms with Crippen molar-refractivity contribution in [1.29, 1.82) is 0 Å². The Kier molecular flexibility index (Phi) is 4.28. The van der Waals surface area contributed by atoms with Crippen LogP contribution in [0.5, 0.6) is 0 Å². The van der Waals surface area contributed by atoms with Gasteiger partial charge < -0.3 is 21.2 Å². The molecule has 0 aliphatic rings. The third-order valence-electron chi connectivity index (χ3n) is 2.63. The number of oxime groups is 1. The molecular weight excluding hydrogens is 260 g/mol. The summed E-state index contributed by atoms with van der Waals surface area (Å²) >= 11 is 0. The van der Waals surface area contributed by atoms with Gasteiger partial charge >= 0.3 is 0 Å². The lowest BCUT2D eigenvalue weighted by Gasteiger charge is -2.04. The van der Waals surface area contributed by atoms with Gasteiger partial charge in [-0.05, 0) is 12.1 Å². The zero-order chi connectivity index (χ0) is 14.4. The second-order valence-corrected chi connectivity index (χ2v) is 4.00. The molecule has 0 saturated carbocycles. The lowest BCUT2D eigenvalue weighted by atomic mass is 10.2. The highest BCUT2D eigenvalue weighted by Gasteiger charge is 2.08. The summed E-state index contributed by atoms with van der Waals surface area (Å²) in [5.74, 6) is -0.334. The Morgan fingerprint density at radius 2 is 2.30 bits per heavy atom. The van der Waals surface area contributed by atoms with Crippen molar-refractivity contribution in [2.45, 2.75) is 6.42 Å². The van der Waals surface area contributed by atoms with Crippen LogP contribution in [0, 0.1) is 0 Å². The van der Waals surface area contributed by atoms with Crippen LogP contribution in [0.2, 0.25) is 0 Å². The minimum absolute atomic E-state index is 0.0521. The maximum absolute atomic E-state index is 11.8. The Morgan fingerprint density at radius 1 is 1.45 bits per heavy atom. The van der Waals surface area contributed by atoms with Crippen molar-refractivity contribution in [1.82, 2.24) is 20.3 Å². The van der Waals surface area contributed by atoms with Gasteiger partial charge in [0.1, 0.15) is 5.69 Å². The number of amides is 1. The molecule has 0 fully saturated rings. The number of hydrogen-bond donors (Lipinski definition) is 4. The van der Waals surface area contributed by atoms with Gasteiger partial charge in [-0.25, -0.2) is 4.98 Å². The molecule has 0 aliphatic carbocycles. The average molecular weight is 274 g/mol. The first-order valence-corrected chi connectivity index (χ1v) is 5.90. The highest BCUT2D eigenvalue weighted by Crippen LogP contribution is 2.00. The number of H-pyrrole nitrogens is 1. The number of imidazole rings is 1. The number of carbonyl (C=O) groups is 1. The number of hydrogen-bond acceptors (Lipinski definition) is 5. The van der Waals surface area contributed by atoms with Crippen LogP contribution in [-0.2, 0) is 6.42 Å². The molecule has 8 nitrogen and oxygen atoms in total. The van der Waals surface area contributed by atoms with E-state index in [0.717, 1.165) is 5.69 Å². The molecule has 2 aromatic heterocycles. The molecule has 0 aromatic carbocycles. The number of nitrogens with zero attached hydrogens (tertiary/aromatic N) is 3. The van der Waals surface area contributed by atoms with E-state index in [1.165, 1.54) is 12.3 Å². The summed E-state index contributed by atoms with van der Waals surface area (Å²) in [6.45, 7) is 0.477. The number of amidine groups is 1. The van der Waals surface area contributed by atoms with Gasteiger partial charge in [0.05, 0.1) is 6.33 Å². The van der Waals surface area contributed by atoms with E-state index in [9.17, 15) is 4.79 Å². The van der Waals surface area contributed by atoms with E-state index in [1.807, 2.05) is 0 Å². The van der Waals surface area contributed by atoms with Crippen molar-refractivity contribution in [3.63, 3.8) is 0 Å². The van der Waals surface area contributed by atoms with E-state index >= 15 is 0 Å². The minimum atomic E-state index is -0.282. The summed E-state index contributed by atoms with van der Waals surface area (Å²) in [5.41, 5.74) is 7.06. The van der Waals surface area contributed by atoms with Crippen LogP contribution in [0.4, 0.5) is 0 Å². The molecule has 104 valence electrons. The van der Waals surface area contributed by atoms with Crippen LogP contribution in [0.1, 0.15) is 21.7 Å². The Labute approximate surface area is 114 Å². The first kappa shape index (κ1) is 13.5. The molecule has 0 radical (unpaired) electrons. The number of carbonyl (C=O) groups excluding carboxylic acids is 1. The van der Waals surface area contributed by atoms with E-state index < -0.39 is 0 Å². The maximum Gasteiger partial charge on any atom is 0.269 e. The standard InChI is InChI=1S/C12H14N6O2/c13-11(18-20)8-1-2-10(16-5-8)12(19)15-4-3-9-6-14-7-17-9/h1-2,5-7,20H,3-4H2,(H2,13,18)(H,14,17)(H,15,19). The Balaban J connectivity index is 1.89.